The first-order chi connectivity index (χ1) is 11.6. The maximum Gasteiger partial charge on any atom is 0.319 e. The van der Waals surface area contributed by atoms with Crippen LogP contribution in [0.5, 0.6) is 0 Å². The monoisotopic (exact) mass is 432 g/mol. The first kappa shape index (κ1) is 21.7. The number of nitrogens with one attached hydrogen (secondary N) is 3. The molecule has 1 heterocycles. The van der Waals surface area contributed by atoms with Gasteiger partial charge >= 0.3 is 6.03 Å². The average molecular weight is 434 g/mol. The second-order valence-corrected chi connectivity index (χ2v) is 6.94. The number of piperidine rings is 1. The number of hydrogen-bond acceptors (Lipinski definition) is 3. The van der Waals surface area contributed by atoms with Gasteiger partial charge in [-0.05, 0) is 56.6 Å². The molecule has 1 aliphatic heterocycles. The topological polar surface area (TPSA) is 73.5 Å². The molecule has 0 unspecified atom stereocenters. The van der Waals surface area contributed by atoms with Crippen LogP contribution in [-0.2, 0) is 4.79 Å². The molecule has 0 aromatic heterocycles. The fourth-order valence-electron chi connectivity index (χ4n) is 2.82. The molecule has 3 N–H and O–H groups in total. The summed E-state index contributed by atoms with van der Waals surface area (Å²) in [6.45, 7) is 2.99. The van der Waals surface area contributed by atoms with Crippen molar-refractivity contribution in [3.63, 3.8) is 0 Å². The number of carbonyl (C=O) groups is 2. The van der Waals surface area contributed by atoms with Crippen molar-refractivity contribution in [3.05, 3.63) is 28.7 Å². The smallest absolute Gasteiger partial charge is 0.319 e. The number of benzene rings is 1. The number of hydrogen-bond donors (Lipinski definition) is 3. The molecule has 1 fully saturated rings. The SMILES string of the molecule is CNCC1CCN(C(=O)CCNC(=O)Nc2ccc(Br)cc2)CC1.Cl. The Balaban J connectivity index is 0.00000312. The zero-order chi connectivity index (χ0) is 17.4. The van der Waals surface area contributed by atoms with Crippen molar-refractivity contribution in [3.8, 4) is 0 Å². The van der Waals surface area contributed by atoms with Crippen LogP contribution < -0.4 is 16.0 Å². The largest absolute Gasteiger partial charge is 0.343 e. The van der Waals surface area contributed by atoms with E-state index in [0.717, 1.165) is 36.9 Å². The van der Waals surface area contributed by atoms with Gasteiger partial charge in [0.25, 0.3) is 0 Å². The normalized spacial score (nSPS) is 14.6. The quantitative estimate of drug-likeness (QED) is 0.646. The summed E-state index contributed by atoms with van der Waals surface area (Å²) in [6.07, 6.45) is 2.43. The zero-order valence-corrected chi connectivity index (χ0v) is 16.8. The van der Waals surface area contributed by atoms with E-state index in [9.17, 15) is 9.59 Å². The lowest BCUT2D eigenvalue weighted by Crippen LogP contribution is -2.41. The first-order valence-electron chi connectivity index (χ1n) is 8.31. The van der Waals surface area contributed by atoms with Gasteiger partial charge in [-0.15, -0.1) is 12.4 Å². The third kappa shape index (κ3) is 7.63. The maximum atomic E-state index is 12.2. The Morgan fingerprint density at radius 3 is 2.44 bits per heavy atom. The van der Waals surface area contributed by atoms with E-state index in [1.165, 1.54) is 0 Å². The van der Waals surface area contributed by atoms with Crippen LogP contribution in [-0.4, -0.2) is 50.1 Å². The summed E-state index contributed by atoms with van der Waals surface area (Å²) in [4.78, 5) is 25.9. The number of rotatable bonds is 6. The number of likely N-dealkylation sites (tertiary alicyclic amines) is 1. The molecule has 1 aliphatic rings. The van der Waals surface area contributed by atoms with Crippen LogP contribution in [0, 0.1) is 5.92 Å². The molecule has 3 amide bonds. The van der Waals surface area contributed by atoms with E-state index in [0.29, 0.717) is 24.6 Å². The minimum absolute atomic E-state index is 0. The lowest BCUT2D eigenvalue weighted by atomic mass is 9.96. The number of urea groups is 1. The van der Waals surface area contributed by atoms with Crippen molar-refractivity contribution in [1.29, 1.82) is 0 Å². The number of nitrogens with zero attached hydrogens (tertiary/aromatic N) is 1. The van der Waals surface area contributed by atoms with E-state index in [2.05, 4.69) is 31.9 Å². The van der Waals surface area contributed by atoms with Crippen LogP contribution in [0.15, 0.2) is 28.7 Å². The summed E-state index contributed by atoms with van der Waals surface area (Å²) in [6, 6.07) is 7.04. The van der Waals surface area contributed by atoms with Crippen molar-refractivity contribution in [2.75, 3.05) is 38.5 Å². The number of carbonyl (C=O) groups excluding carboxylic acids is 2. The second-order valence-electron chi connectivity index (χ2n) is 6.02. The summed E-state index contributed by atoms with van der Waals surface area (Å²) in [5.74, 6) is 0.774. The van der Waals surface area contributed by atoms with Crippen molar-refractivity contribution < 1.29 is 9.59 Å². The Morgan fingerprint density at radius 2 is 1.84 bits per heavy atom. The van der Waals surface area contributed by atoms with Crippen molar-refractivity contribution >= 4 is 46.0 Å². The molecule has 6 nitrogen and oxygen atoms in total. The molecule has 8 heteroatoms. The van der Waals surface area contributed by atoms with Crippen molar-refractivity contribution in [2.45, 2.75) is 19.3 Å². The molecule has 0 bridgehead atoms. The molecule has 1 aromatic rings. The van der Waals surface area contributed by atoms with E-state index in [1.807, 2.05) is 36.2 Å². The zero-order valence-electron chi connectivity index (χ0n) is 14.4. The highest BCUT2D eigenvalue weighted by Crippen LogP contribution is 2.17. The molecule has 0 saturated carbocycles. The minimum Gasteiger partial charge on any atom is -0.343 e. The van der Waals surface area contributed by atoms with Gasteiger partial charge < -0.3 is 20.9 Å². The summed E-state index contributed by atoms with van der Waals surface area (Å²) in [7, 11) is 1.96. The molecule has 25 heavy (non-hydrogen) atoms. The molecule has 0 radical (unpaired) electrons. The maximum absolute atomic E-state index is 12.2. The molecular formula is C17H26BrClN4O2. The van der Waals surface area contributed by atoms with E-state index in [4.69, 9.17) is 0 Å². The van der Waals surface area contributed by atoms with Crippen LogP contribution in [0.3, 0.4) is 0 Å². The van der Waals surface area contributed by atoms with Gasteiger partial charge in [0.2, 0.25) is 5.91 Å². The highest BCUT2D eigenvalue weighted by atomic mass is 79.9. The molecular weight excluding hydrogens is 408 g/mol. The van der Waals surface area contributed by atoms with Gasteiger partial charge in [0.15, 0.2) is 0 Å². The van der Waals surface area contributed by atoms with E-state index in [-0.39, 0.29) is 24.3 Å². The molecule has 0 spiro atoms. The summed E-state index contributed by atoms with van der Waals surface area (Å²) >= 11 is 3.35. The summed E-state index contributed by atoms with van der Waals surface area (Å²) in [5.41, 5.74) is 0.716. The van der Waals surface area contributed by atoms with Crippen LogP contribution in [0.4, 0.5) is 10.5 Å². The molecule has 1 saturated heterocycles. The fourth-order valence-corrected chi connectivity index (χ4v) is 3.09. The Labute approximate surface area is 163 Å². The Hall–Kier alpha value is -1.31. The van der Waals surface area contributed by atoms with E-state index in [1.54, 1.807) is 0 Å². The van der Waals surface area contributed by atoms with Crippen molar-refractivity contribution in [1.82, 2.24) is 15.5 Å². The number of amides is 3. The number of halogens is 2. The Kier molecular flexibility index (Phi) is 9.85. The number of anilines is 1. The third-order valence-corrected chi connectivity index (χ3v) is 4.72. The first-order valence-corrected chi connectivity index (χ1v) is 9.10. The lowest BCUT2D eigenvalue weighted by molar-refractivity contribution is -0.132. The van der Waals surface area contributed by atoms with Gasteiger partial charge in [0.1, 0.15) is 0 Å². The summed E-state index contributed by atoms with van der Waals surface area (Å²) < 4.78 is 0.956. The van der Waals surface area contributed by atoms with Crippen LogP contribution >= 0.6 is 28.3 Å². The average Bonchev–Trinajstić information content (AvgIpc) is 2.58. The third-order valence-electron chi connectivity index (χ3n) is 4.19. The van der Waals surface area contributed by atoms with Crippen molar-refractivity contribution in [2.24, 2.45) is 5.92 Å². The Bertz CT molecular complexity index is 548. The molecule has 0 aliphatic carbocycles. The van der Waals surface area contributed by atoms with E-state index < -0.39 is 0 Å². The van der Waals surface area contributed by atoms with Gasteiger partial charge in [0, 0.05) is 36.2 Å². The van der Waals surface area contributed by atoms with Gasteiger partial charge in [-0.3, -0.25) is 4.79 Å². The van der Waals surface area contributed by atoms with Crippen LogP contribution in [0.1, 0.15) is 19.3 Å². The summed E-state index contributed by atoms with van der Waals surface area (Å²) in [5, 5.41) is 8.66. The molecule has 140 valence electrons. The molecule has 1 aromatic carbocycles. The second kappa shape index (κ2) is 11.3. The van der Waals surface area contributed by atoms with Gasteiger partial charge in [0.05, 0.1) is 0 Å². The Morgan fingerprint density at radius 1 is 1.20 bits per heavy atom. The van der Waals surface area contributed by atoms with Crippen LogP contribution in [0.2, 0.25) is 0 Å². The fraction of sp³-hybridized carbons (Fsp3) is 0.529. The highest BCUT2D eigenvalue weighted by Gasteiger charge is 2.21. The van der Waals surface area contributed by atoms with E-state index >= 15 is 0 Å². The highest BCUT2D eigenvalue weighted by molar-refractivity contribution is 9.10. The van der Waals surface area contributed by atoms with Gasteiger partial charge in [-0.1, -0.05) is 15.9 Å². The standard InChI is InChI=1S/C17H25BrN4O2.ClH/c1-19-12-13-7-10-22(11-8-13)16(23)6-9-20-17(24)21-15-4-2-14(18)3-5-15;/h2-5,13,19H,6-12H2,1H3,(H2,20,21,24);1H. The predicted octanol–water partition coefficient (Wildman–Crippen LogP) is 2.84. The molecule has 2 rings (SSSR count). The minimum atomic E-state index is -0.294. The lowest BCUT2D eigenvalue weighted by Gasteiger charge is -2.32. The molecule has 0 atom stereocenters. The van der Waals surface area contributed by atoms with Crippen LogP contribution in [0.25, 0.3) is 0 Å². The van der Waals surface area contributed by atoms with Gasteiger partial charge in [-0.25, -0.2) is 4.79 Å². The van der Waals surface area contributed by atoms with Gasteiger partial charge in [-0.2, -0.15) is 0 Å². The predicted molar refractivity (Wildman–Crippen MR) is 106 cm³/mol.